The molecule has 1 atom stereocenters. The molecule has 0 amide bonds. The van der Waals surface area contributed by atoms with Crippen molar-refractivity contribution in [3.8, 4) is 0 Å². The van der Waals surface area contributed by atoms with E-state index in [9.17, 15) is 4.79 Å². The summed E-state index contributed by atoms with van der Waals surface area (Å²) in [5, 5.41) is 6.54. The number of hydrogen-bond donors (Lipinski definition) is 2. The summed E-state index contributed by atoms with van der Waals surface area (Å²) in [6.45, 7) is 24.0. The van der Waals surface area contributed by atoms with Gasteiger partial charge in [-0.2, -0.15) is 0 Å². The normalized spacial score (nSPS) is 14.4. The molecule has 0 aliphatic rings. The Labute approximate surface area is 249 Å². The van der Waals surface area contributed by atoms with Gasteiger partial charge in [-0.3, -0.25) is 9.79 Å². The van der Waals surface area contributed by atoms with E-state index in [2.05, 4.69) is 61.4 Å². The molecule has 0 spiro atoms. The first-order chi connectivity index (χ1) is 19.7. The molecule has 4 heteroatoms. The van der Waals surface area contributed by atoms with Gasteiger partial charge >= 0.3 is 0 Å². The van der Waals surface area contributed by atoms with Crippen LogP contribution >= 0.6 is 0 Å². The SMILES string of the molecule is C=CNC(=C/C(=C)N/C(C)=C/N=C(\C=C)CCC(C)CCC=CCCC)/C(=C\C)C(/C)=C(/C(C)=O)c1ccccc1. The zero-order valence-electron chi connectivity index (χ0n) is 26.2. The number of nitrogens with zero attached hydrogens (tertiary/aromatic N) is 1. The van der Waals surface area contributed by atoms with Gasteiger partial charge in [0.05, 0.1) is 0 Å². The summed E-state index contributed by atoms with van der Waals surface area (Å²) in [7, 11) is 0. The van der Waals surface area contributed by atoms with E-state index >= 15 is 0 Å². The second-order valence-electron chi connectivity index (χ2n) is 10.3. The summed E-state index contributed by atoms with van der Waals surface area (Å²) >= 11 is 0. The number of allylic oxidation sites excluding steroid dienone is 8. The summed E-state index contributed by atoms with van der Waals surface area (Å²) in [5.74, 6) is 0.648. The number of hydrogen-bond acceptors (Lipinski definition) is 4. The minimum Gasteiger partial charge on any atom is -0.362 e. The maximum Gasteiger partial charge on any atom is 0.160 e. The lowest BCUT2D eigenvalue weighted by Crippen LogP contribution is -2.14. The van der Waals surface area contributed by atoms with Crippen LogP contribution in [0.4, 0.5) is 0 Å². The van der Waals surface area contributed by atoms with Crippen molar-refractivity contribution in [1.29, 1.82) is 0 Å². The van der Waals surface area contributed by atoms with Gasteiger partial charge in [0.15, 0.2) is 5.78 Å². The molecule has 0 aromatic heterocycles. The van der Waals surface area contributed by atoms with Crippen molar-refractivity contribution in [2.24, 2.45) is 10.9 Å². The molecule has 0 aliphatic carbocycles. The zero-order valence-corrected chi connectivity index (χ0v) is 26.2. The van der Waals surface area contributed by atoms with E-state index in [0.29, 0.717) is 17.2 Å². The molecule has 0 bridgehead atoms. The van der Waals surface area contributed by atoms with Gasteiger partial charge in [-0.25, -0.2) is 0 Å². The Morgan fingerprint density at radius 1 is 1.05 bits per heavy atom. The second kappa shape index (κ2) is 20.0. The molecule has 0 saturated heterocycles. The number of rotatable bonds is 19. The van der Waals surface area contributed by atoms with Gasteiger partial charge in [0.25, 0.3) is 0 Å². The highest BCUT2D eigenvalue weighted by molar-refractivity contribution is 6.21. The summed E-state index contributed by atoms with van der Waals surface area (Å²) in [5.41, 5.74) is 6.64. The third kappa shape index (κ3) is 13.3. The lowest BCUT2D eigenvalue weighted by atomic mass is 9.91. The molecular weight excluding hydrogens is 502 g/mol. The van der Waals surface area contributed by atoms with Crippen molar-refractivity contribution in [3.05, 3.63) is 127 Å². The van der Waals surface area contributed by atoms with Crippen molar-refractivity contribution < 1.29 is 4.79 Å². The maximum absolute atomic E-state index is 12.7. The first kappa shape index (κ1) is 35.1. The third-order valence-electron chi connectivity index (χ3n) is 6.71. The average molecular weight is 554 g/mol. The van der Waals surface area contributed by atoms with Gasteiger partial charge < -0.3 is 10.6 Å². The van der Waals surface area contributed by atoms with Crippen LogP contribution in [0.5, 0.6) is 0 Å². The predicted octanol–water partition coefficient (Wildman–Crippen LogP) is 9.76. The molecule has 1 aromatic carbocycles. The molecule has 1 unspecified atom stereocenters. The number of Topliss-reactive ketones (excluding diaryl/α,β-unsaturated/α-hetero) is 1. The summed E-state index contributed by atoms with van der Waals surface area (Å²) in [6, 6.07) is 9.73. The Hall–Kier alpha value is -3.92. The summed E-state index contributed by atoms with van der Waals surface area (Å²) < 4.78 is 0. The molecule has 1 aromatic rings. The minimum absolute atomic E-state index is 0.0100. The van der Waals surface area contributed by atoms with Gasteiger partial charge in [-0.05, 0) is 101 Å². The van der Waals surface area contributed by atoms with Crippen LogP contribution in [0.1, 0.15) is 85.6 Å². The molecular formula is C37H51N3O. The summed E-state index contributed by atoms with van der Waals surface area (Å²) in [6.07, 6.45) is 20.5. The van der Waals surface area contributed by atoms with Crippen molar-refractivity contribution in [2.75, 3.05) is 0 Å². The standard InChI is InChI=1S/C37H51N3O/c1-10-14-15-16-18-21-28(5)24-25-34(11-2)39-27-30(7)40-29(6)26-36(38-13-4)35(12-3)31(8)37(32(9)41)33-22-19-17-20-23-33/h11-13,15-17,19-20,22-23,26-28,38,40H,2,4,6,10,14,18,21,24-25H2,1,3,5,7-9H3/b16-15?,30-27+,35-12-,36-26+,37-31-,39-34+. The molecule has 0 heterocycles. The van der Waals surface area contributed by atoms with Crippen LogP contribution in [0, 0.1) is 5.92 Å². The van der Waals surface area contributed by atoms with E-state index in [1.807, 2.05) is 75.5 Å². The van der Waals surface area contributed by atoms with Crippen LogP contribution in [0.15, 0.2) is 126 Å². The highest BCUT2D eigenvalue weighted by atomic mass is 16.1. The van der Waals surface area contributed by atoms with Crippen LogP contribution in [-0.2, 0) is 4.79 Å². The Bertz CT molecular complexity index is 1210. The van der Waals surface area contributed by atoms with Gasteiger partial charge in [0.1, 0.15) is 0 Å². The fraction of sp³-hybridized carbons (Fsp3) is 0.351. The highest BCUT2D eigenvalue weighted by Crippen LogP contribution is 2.28. The fourth-order valence-electron chi connectivity index (χ4n) is 4.52. The Kier molecular flexibility index (Phi) is 17.2. The number of carbonyl (C=O) groups is 1. The van der Waals surface area contributed by atoms with Gasteiger partial charge in [-0.1, -0.05) is 88.6 Å². The molecule has 0 aliphatic heterocycles. The number of aliphatic imine (C=N–C) groups is 1. The first-order valence-corrected chi connectivity index (χ1v) is 14.7. The number of unbranched alkanes of at least 4 members (excludes halogenated alkanes) is 1. The van der Waals surface area contributed by atoms with Gasteiger partial charge in [0.2, 0.25) is 0 Å². The maximum atomic E-state index is 12.7. The topological polar surface area (TPSA) is 53.5 Å². The number of ketones is 1. The molecule has 0 radical (unpaired) electrons. The smallest absolute Gasteiger partial charge is 0.160 e. The van der Waals surface area contributed by atoms with Crippen molar-refractivity contribution in [2.45, 2.75) is 80.1 Å². The Morgan fingerprint density at radius 3 is 2.32 bits per heavy atom. The molecule has 4 nitrogen and oxygen atoms in total. The van der Waals surface area contributed by atoms with E-state index in [0.717, 1.165) is 59.5 Å². The quantitative estimate of drug-likeness (QED) is 0.0776. The van der Waals surface area contributed by atoms with E-state index in [1.165, 1.54) is 12.8 Å². The lowest BCUT2D eigenvalue weighted by Gasteiger charge is -2.18. The van der Waals surface area contributed by atoms with Crippen LogP contribution < -0.4 is 10.6 Å². The van der Waals surface area contributed by atoms with Crippen molar-refractivity contribution >= 4 is 17.1 Å². The van der Waals surface area contributed by atoms with Gasteiger partial charge in [0, 0.05) is 34.6 Å². The van der Waals surface area contributed by atoms with Crippen molar-refractivity contribution in [1.82, 2.24) is 10.6 Å². The zero-order chi connectivity index (χ0) is 30.6. The molecule has 1 rings (SSSR count). The Balaban J connectivity index is 3.02. The second-order valence-corrected chi connectivity index (χ2v) is 10.3. The molecule has 41 heavy (non-hydrogen) atoms. The molecule has 220 valence electrons. The Morgan fingerprint density at radius 2 is 1.73 bits per heavy atom. The van der Waals surface area contributed by atoms with Crippen LogP contribution in [0.2, 0.25) is 0 Å². The van der Waals surface area contributed by atoms with E-state index in [-0.39, 0.29) is 5.78 Å². The first-order valence-electron chi connectivity index (χ1n) is 14.7. The monoisotopic (exact) mass is 553 g/mol. The largest absolute Gasteiger partial charge is 0.362 e. The van der Waals surface area contributed by atoms with Crippen molar-refractivity contribution in [3.63, 3.8) is 0 Å². The van der Waals surface area contributed by atoms with Crippen LogP contribution in [-0.4, -0.2) is 11.5 Å². The highest BCUT2D eigenvalue weighted by Gasteiger charge is 2.16. The molecule has 0 saturated carbocycles. The van der Waals surface area contributed by atoms with E-state index in [1.54, 1.807) is 13.1 Å². The molecule has 2 N–H and O–H groups in total. The minimum atomic E-state index is 0.0100. The predicted molar refractivity (Wildman–Crippen MR) is 180 cm³/mol. The average Bonchev–Trinajstić information content (AvgIpc) is 2.94. The number of nitrogens with one attached hydrogen (secondary N) is 2. The van der Waals surface area contributed by atoms with Gasteiger partial charge in [-0.15, -0.1) is 0 Å². The fourth-order valence-corrected chi connectivity index (χ4v) is 4.52. The third-order valence-corrected chi connectivity index (χ3v) is 6.71. The molecule has 0 fully saturated rings. The lowest BCUT2D eigenvalue weighted by molar-refractivity contribution is -0.111. The van der Waals surface area contributed by atoms with E-state index in [4.69, 9.17) is 0 Å². The van der Waals surface area contributed by atoms with E-state index < -0.39 is 0 Å². The summed E-state index contributed by atoms with van der Waals surface area (Å²) in [4.78, 5) is 17.3. The number of carbonyl (C=O) groups excluding carboxylic acids is 1. The number of benzene rings is 1. The van der Waals surface area contributed by atoms with Crippen LogP contribution in [0.25, 0.3) is 5.57 Å². The van der Waals surface area contributed by atoms with Crippen LogP contribution in [0.3, 0.4) is 0 Å².